The highest BCUT2D eigenvalue weighted by Crippen LogP contribution is 2.31. The number of alkyl halides is 1. The van der Waals surface area contributed by atoms with Crippen LogP contribution in [0.2, 0.25) is 5.02 Å². The second-order valence-electron chi connectivity index (χ2n) is 4.21. The highest BCUT2D eigenvalue weighted by molar-refractivity contribution is 9.09. The van der Waals surface area contributed by atoms with Gasteiger partial charge in [-0.25, -0.2) is 4.39 Å². The largest absolute Gasteiger partial charge is 0.207 e. The number of hydrogen-bond donors (Lipinski definition) is 0. The summed E-state index contributed by atoms with van der Waals surface area (Å²) in [5.41, 5.74) is 1.20. The van der Waals surface area contributed by atoms with Crippen molar-refractivity contribution in [2.75, 3.05) is 5.33 Å². The van der Waals surface area contributed by atoms with Gasteiger partial charge >= 0.3 is 0 Å². The first-order valence-electron chi connectivity index (χ1n) is 5.00. The highest BCUT2D eigenvalue weighted by Gasteiger charge is 2.22. The lowest BCUT2D eigenvalue weighted by Crippen LogP contribution is -2.20. The van der Waals surface area contributed by atoms with Crippen molar-refractivity contribution in [2.45, 2.75) is 26.7 Å². The highest BCUT2D eigenvalue weighted by atomic mass is 79.9. The lowest BCUT2D eigenvalue weighted by Gasteiger charge is -2.26. The molecule has 84 valence electrons. The van der Waals surface area contributed by atoms with Crippen LogP contribution >= 0.6 is 27.5 Å². The first kappa shape index (κ1) is 13.0. The summed E-state index contributed by atoms with van der Waals surface area (Å²) in [5.74, 6) is -0.277. The molecule has 0 saturated carbocycles. The van der Waals surface area contributed by atoms with Gasteiger partial charge in [-0.15, -0.1) is 0 Å². The van der Waals surface area contributed by atoms with Gasteiger partial charge in [0, 0.05) is 10.4 Å². The number of halogens is 3. The Morgan fingerprint density at radius 2 is 2.13 bits per heavy atom. The van der Waals surface area contributed by atoms with Crippen LogP contribution in [0, 0.1) is 11.2 Å². The minimum atomic E-state index is -0.277. The zero-order valence-corrected chi connectivity index (χ0v) is 11.3. The van der Waals surface area contributed by atoms with Crippen molar-refractivity contribution in [1.29, 1.82) is 0 Å². The lowest BCUT2D eigenvalue weighted by molar-refractivity contribution is 0.361. The van der Waals surface area contributed by atoms with Crippen LogP contribution in [0.1, 0.15) is 25.8 Å². The zero-order chi connectivity index (χ0) is 11.5. The number of hydrogen-bond acceptors (Lipinski definition) is 0. The minimum Gasteiger partial charge on any atom is -0.207 e. The molecule has 0 nitrogen and oxygen atoms in total. The Bertz CT molecular complexity index is 334. The maximum Gasteiger partial charge on any atom is 0.124 e. The summed E-state index contributed by atoms with van der Waals surface area (Å²) >= 11 is 9.51. The molecule has 0 radical (unpaired) electrons. The third-order valence-corrected chi connectivity index (χ3v) is 4.51. The Kier molecular flexibility index (Phi) is 4.60. The maximum absolute atomic E-state index is 12.9. The zero-order valence-electron chi connectivity index (χ0n) is 8.99. The van der Waals surface area contributed by atoms with Gasteiger partial charge in [-0.2, -0.15) is 0 Å². The first-order chi connectivity index (χ1) is 7.00. The average Bonchev–Trinajstić information content (AvgIpc) is 2.22. The molecule has 0 spiro atoms. The summed E-state index contributed by atoms with van der Waals surface area (Å²) < 4.78 is 12.9. The van der Waals surface area contributed by atoms with E-state index in [4.69, 9.17) is 11.6 Å². The number of rotatable bonds is 4. The molecule has 0 aromatic heterocycles. The van der Waals surface area contributed by atoms with E-state index in [-0.39, 0.29) is 11.2 Å². The van der Waals surface area contributed by atoms with Crippen molar-refractivity contribution < 1.29 is 4.39 Å². The molecule has 1 atom stereocenters. The summed E-state index contributed by atoms with van der Waals surface area (Å²) in [4.78, 5) is 0. The second-order valence-corrected chi connectivity index (χ2v) is 5.18. The summed E-state index contributed by atoms with van der Waals surface area (Å²) in [6, 6.07) is 4.61. The molecular weight excluding hydrogens is 278 g/mol. The van der Waals surface area contributed by atoms with Crippen molar-refractivity contribution >= 4 is 27.5 Å². The molecule has 0 bridgehead atoms. The van der Waals surface area contributed by atoms with E-state index in [0.717, 1.165) is 23.7 Å². The molecule has 1 aromatic rings. The molecule has 0 N–H and O–H groups in total. The van der Waals surface area contributed by atoms with Crippen LogP contribution in [0.5, 0.6) is 0 Å². The quantitative estimate of drug-likeness (QED) is 0.697. The molecular formula is C12H15BrClF. The van der Waals surface area contributed by atoms with Crippen LogP contribution in [0.4, 0.5) is 4.39 Å². The van der Waals surface area contributed by atoms with Gasteiger partial charge in [0.15, 0.2) is 0 Å². The topological polar surface area (TPSA) is 0 Å². The van der Waals surface area contributed by atoms with Gasteiger partial charge in [0.05, 0.1) is 0 Å². The molecule has 0 aliphatic heterocycles. The average molecular weight is 294 g/mol. The summed E-state index contributed by atoms with van der Waals surface area (Å²) in [6.45, 7) is 4.35. The van der Waals surface area contributed by atoms with E-state index in [9.17, 15) is 4.39 Å². The third kappa shape index (κ3) is 3.46. The van der Waals surface area contributed by atoms with Crippen LogP contribution < -0.4 is 0 Å². The number of benzene rings is 1. The van der Waals surface area contributed by atoms with Crippen molar-refractivity contribution in [3.8, 4) is 0 Å². The van der Waals surface area contributed by atoms with Crippen LogP contribution in [-0.4, -0.2) is 5.33 Å². The van der Waals surface area contributed by atoms with Gasteiger partial charge in [0.1, 0.15) is 5.82 Å². The van der Waals surface area contributed by atoms with E-state index in [1.54, 1.807) is 6.07 Å². The molecule has 15 heavy (non-hydrogen) atoms. The molecule has 0 saturated heterocycles. The van der Waals surface area contributed by atoms with E-state index in [1.807, 2.05) is 0 Å². The first-order valence-corrected chi connectivity index (χ1v) is 6.50. The minimum absolute atomic E-state index is 0.182. The maximum atomic E-state index is 12.9. The smallest absolute Gasteiger partial charge is 0.124 e. The van der Waals surface area contributed by atoms with E-state index in [2.05, 4.69) is 29.8 Å². The van der Waals surface area contributed by atoms with Gasteiger partial charge in [-0.05, 0) is 36.0 Å². The monoisotopic (exact) mass is 292 g/mol. The second kappa shape index (κ2) is 5.31. The Labute approximate surface area is 104 Å². The lowest BCUT2D eigenvalue weighted by atomic mass is 9.83. The van der Waals surface area contributed by atoms with Crippen molar-refractivity contribution in [1.82, 2.24) is 0 Å². The SMILES string of the molecule is CCC(C)(CBr)Cc1ccc(F)cc1Cl. The Morgan fingerprint density at radius 1 is 1.47 bits per heavy atom. The molecule has 1 unspecified atom stereocenters. The van der Waals surface area contributed by atoms with Crippen molar-refractivity contribution in [3.05, 3.63) is 34.6 Å². The summed E-state index contributed by atoms with van der Waals surface area (Å²) in [7, 11) is 0. The Morgan fingerprint density at radius 3 is 2.60 bits per heavy atom. The molecule has 0 heterocycles. The van der Waals surface area contributed by atoms with Crippen LogP contribution in [0.3, 0.4) is 0 Å². The van der Waals surface area contributed by atoms with E-state index in [0.29, 0.717) is 5.02 Å². The van der Waals surface area contributed by atoms with E-state index < -0.39 is 0 Å². The van der Waals surface area contributed by atoms with E-state index >= 15 is 0 Å². The van der Waals surface area contributed by atoms with Gasteiger partial charge in [-0.3, -0.25) is 0 Å². The van der Waals surface area contributed by atoms with Gasteiger partial charge < -0.3 is 0 Å². The third-order valence-electron chi connectivity index (χ3n) is 2.81. The van der Waals surface area contributed by atoms with E-state index in [1.165, 1.54) is 12.1 Å². The fourth-order valence-electron chi connectivity index (χ4n) is 1.39. The Hall–Kier alpha value is -0.0800. The molecule has 3 heteroatoms. The molecule has 0 aliphatic carbocycles. The summed E-state index contributed by atoms with van der Waals surface area (Å²) in [6.07, 6.45) is 1.93. The van der Waals surface area contributed by atoms with Gasteiger partial charge in [-0.1, -0.05) is 47.4 Å². The predicted molar refractivity (Wildman–Crippen MR) is 67.3 cm³/mol. The van der Waals surface area contributed by atoms with Crippen molar-refractivity contribution in [3.63, 3.8) is 0 Å². The summed E-state index contributed by atoms with van der Waals surface area (Å²) in [5, 5.41) is 1.44. The Balaban J connectivity index is 2.89. The van der Waals surface area contributed by atoms with Crippen molar-refractivity contribution in [2.24, 2.45) is 5.41 Å². The normalized spacial score (nSPS) is 15.0. The molecule has 0 amide bonds. The molecule has 1 aromatic carbocycles. The predicted octanol–water partition coefficient (Wildman–Crippen LogP) is 4.83. The van der Waals surface area contributed by atoms with Gasteiger partial charge in [0.25, 0.3) is 0 Å². The van der Waals surface area contributed by atoms with Gasteiger partial charge in [0.2, 0.25) is 0 Å². The molecule has 1 rings (SSSR count). The molecule has 0 aliphatic rings. The van der Waals surface area contributed by atoms with Crippen LogP contribution in [-0.2, 0) is 6.42 Å². The van der Waals surface area contributed by atoms with Crippen LogP contribution in [0.25, 0.3) is 0 Å². The van der Waals surface area contributed by atoms with Crippen LogP contribution in [0.15, 0.2) is 18.2 Å². The standard InChI is InChI=1S/C12H15BrClF/c1-3-12(2,8-13)7-9-4-5-10(15)6-11(9)14/h4-6H,3,7-8H2,1-2H3. The molecule has 0 fully saturated rings. The fourth-order valence-corrected chi connectivity index (χ4v) is 2.22. The fraction of sp³-hybridized carbons (Fsp3) is 0.500.